The van der Waals surface area contributed by atoms with Crippen LogP contribution >= 0.6 is 11.6 Å². The van der Waals surface area contributed by atoms with Crippen molar-refractivity contribution in [3.63, 3.8) is 0 Å². The molecule has 5 aromatic rings. The molecule has 568 valence electrons. The van der Waals surface area contributed by atoms with Crippen LogP contribution in [0.5, 0.6) is 40.2 Å². The number of hydrogen-bond acceptors (Lipinski definition) is 22. The predicted molar refractivity (Wildman–Crippen MR) is 381 cm³/mol. The molecule has 105 heavy (non-hydrogen) atoms. The van der Waals surface area contributed by atoms with Crippen molar-refractivity contribution in [2.24, 2.45) is 5.92 Å². The number of halogens is 2. The summed E-state index contributed by atoms with van der Waals surface area (Å²) in [6.07, 6.45) is -5.72. The third-order valence-corrected chi connectivity index (χ3v) is 22.5. The number of phenols is 1. The SMILES string of the molecule is COCCOCOCC1NC(=O)[C@H]2NC(=O)[C@H](NC(=O)[C@H](NC(=O)[C@H](CC#N)NC(=O)[C@H](NC(=O)[C@@H](CC(C)C)N(C)C(=O)OC(C)(C)C)[C@H](O)c3ccc(F)c([N+](=O)[O-])c3)c3cc(O)c(OC)c(c3)Oc3ccc(cc3Cl)[C@H]2O[Si](C)(C)C(C)(C)C)c2ccc(OC)c(c2)-c2c(OC)cc(OC)cc21. The highest BCUT2D eigenvalue weighted by molar-refractivity contribution is 6.74. The molecule has 1 unspecified atom stereocenters. The molecule has 0 aliphatic carbocycles. The van der Waals surface area contributed by atoms with Gasteiger partial charge in [0.25, 0.3) is 0 Å². The Morgan fingerprint density at radius 1 is 0.800 bits per heavy atom. The van der Waals surface area contributed by atoms with E-state index in [0.717, 1.165) is 17.0 Å². The van der Waals surface area contributed by atoms with Crippen molar-refractivity contribution in [2.45, 2.75) is 146 Å². The first kappa shape index (κ1) is 82.4. The van der Waals surface area contributed by atoms with E-state index in [2.05, 4.69) is 31.9 Å². The van der Waals surface area contributed by atoms with Crippen molar-refractivity contribution >= 4 is 67.1 Å². The lowest BCUT2D eigenvalue weighted by Crippen LogP contribution is -2.59. The number of carbonyl (C=O) groups is 7. The first-order valence-corrected chi connectivity index (χ1v) is 36.6. The van der Waals surface area contributed by atoms with Gasteiger partial charge in [-0.25, -0.2) is 4.79 Å². The summed E-state index contributed by atoms with van der Waals surface area (Å²) in [4.78, 5) is 119. The van der Waals surface area contributed by atoms with Crippen LogP contribution < -0.4 is 55.6 Å². The summed E-state index contributed by atoms with van der Waals surface area (Å²) in [7, 11) is 5.05. The van der Waals surface area contributed by atoms with E-state index < -0.39 is 149 Å². The number of rotatable bonds is 26. The number of amides is 7. The zero-order chi connectivity index (χ0) is 77.7. The monoisotopic (exact) mass is 1500 g/mol. The molecule has 8 rings (SSSR count). The molecule has 0 fully saturated rings. The molecule has 5 aromatic carbocycles. The van der Waals surface area contributed by atoms with Crippen LogP contribution in [-0.4, -0.2) is 169 Å². The second-order valence-corrected chi connectivity index (χ2v) is 33.0. The molecular weight excluding hydrogens is 1410 g/mol. The van der Waals surface area contributed by atoms with Crippen molar-refractivity contribution < 1.29 is 100 Å². The molecule has 0 spiro atoms. The molecule has 8 N–H and O–H groups in total. The molecule has 9 atom stereocenters. The zero-order valence-corrected chi connectivity index (χ0v) is 63.0. The summed E-state index contributed by atoms with van der Waals surface area (Å²) in [6.45, 7) is 17.8. The van der Waals surface area contributed by atoms with Gasteiger partial charge in [-0.05, 0) is 128 Å². The fourth-order valence-corrected chi connectivity index (χ4v) is 12.8. The predicted octanol–water partition coefficient (Wildman–Crippen LogP) is 8.87. The van der Waals surface area contributed by atoms with Crippen LogP contribution in [0.3, 0.4) is 0 Å². The van der Waals surface area contributed by atoms with E-state index in [0.29, 0.717) is 17.7 Å². The number of aliphatic hydroxyl groups excluding tert-OH is 1. The van der Waals surface area contributed by atoms with Crippen molar-refractivity contribution in [3.8, 4) is 57.4 Å². The second-order valence-electron chi connectivity index (χ2n) is 27.8. The van der Waals surface area contributed by atoms with Crippen molar-refractivity contribution in [2.75, 3.05) is 69.2 Å². The third kappa shape index (κ3) is 20.1. The third-order valence-electron chi connectivity index (χ3n) is 17.7. The molecule has 3 heterocycles. The minimum Gasteiger partial charge on any atom is -0.504 e. The summed E-state index contributed by atoms with van der Waals surface area (Å²) < 4.78 is 74.6. The molecule has 0 saturated carbocycles. The van der Waals surface area contributed by atoms with Gasteiger partial charge >= 0.3 is 11.8 Å². The smallest absolute Gasteiger partial charge is 0.410 e. The molecule has 0 radical (unpaired) electrons. The van der Waals surface area contributed by atoms with Crippen LogP contribution in [-0.2, 0) is 52.1 Å². The van der Waals surface area contributed by atoms with Gasteiger partial charge < -0.3 is 89.2 Å². The van der Waals surface area contributed by atoms with Gasteiger partial charge in [0, 0.05) is 37.4 Å². The van der Waals surface area contributed by atoms with Gasteiger partial charge in [-0.15, -0.1) is 0 Å². The number of nitrogens with zero attached hydrogens (tertiary/aromatic N) is 3. The standard InChI is InChI=1S/C72H91ClFN9O21Si/c1-37(2)27-50(82(9)70(92)103-71(3,4)5)65(87)80-59(61(85)39-17-20-46(74)49(30-39)83(93)94)68(90)76-47(23-24-75)64(86)78-58-41-31-51(84)63(99-14)55(32-41)102-53-22-19-40(29-45(53)73)62(104-105(15,16)72(6,7)8)60-69(91)77-48(35-101-36-100-26-25-95-10)43-33-42(96-11)34-54(98-13)56(43)44-28-38(18-21-52(44)97-12)57(66(88)81-60)79-67(58)89/h17-22,28-34,37,47-48,50,57-62,84-85H,23,25-27,35-36H2,1-16H3,(H,76,90)(H,77,91)(H,78,86)(H,79,89)(H,80,87)(H,81,88)/t47-,48?,50+,57+,58+,59+,60-,61+,62+/m0/s1. The van der Waals surface area contributed by atoms with E-state index in [1.807, 2.05) is 33.9 Å². The van der Waals surface area contributed by atoms with Gasteiger partial charge in [-0.2, -0.15) is 9.65 Å². The second kappa shape index (κ2) is 35.3. The van der Waals surface area contributed by atoms with Crippen molar-refractivity contribution in [1.82, 2.24) is 36.8 Å². The van der Waals surface area contributed by atoms with E-state index in [1.54, 1.807) is 58.9 Å². The Morgan fingerprint density at radius 2 is 1.50 bits per heavy atom. The Morgan fingerprint density at radius 3 is 2.10 bits per heavy atom. The average molecular weight is 1500 g/mol. The Labute approximate surface area is 613 Å². The maximum absolute atomic E-state index is 16.1. The van der Waals surface area contributed by atoms with E-state index >= 15 is 24.0 Å². The number of nitro benzene ring substituents is 1. The van der Waals surface area contributed by atoms with Gasteiger partial charge in [-0.1, -0.05) is 64.4 Å². The van der Waals surface area contributed by atoms with E-state index in [-0.39, 0.29) is 106 Å². The highest BCUT2D eigenvalue weighted by atomic mass is 35.5. The minimum atomic E-state index is -3.11. The fourth-order valence-electron chi connectivity index (χ4n) is 11.3. The molecule has 8 bridgehead atoms. The Balaban J connectivity index is 1.46. The maximum Gasteiger partial charge on any atom is 0.410 e. The number of aliphatic hydroxyl groups is 1. The lowest BCUT2D eigenvalue weighted by Gasteiger charge is -2.42. The number of fused-ring (bicyclic) bond motifs is 8. The molecule has 3 aliphatic heterocycles. The van der Waals surface area contributed by atoms with Crippen LogP contribution in [0.15, 0.2) is 78.9 Å². The first-order valence-electron chi connectivity index (χ1n) is 33.3. The number of aromatic hydroxyl groups is 1. The van der Waals surface area contributed by atoms with Crippen LogP contribution in [0.4, 0.5) is 14.9 Å². The summed E-state index contributed by atoms with van der Waals surface area (Å²) in [5.41, 5.74) is -1.92. The van der Waals surface area contributed by atoms with Gasteiger partial charge in [0.05, 0.1) is 82.8 Å². The lowest BCUT2D eigenvalue weighted by atomic mass is 9.89. The first-order chi connectivity index (χ1) is 49.4. The molecule has 0 saturated heterocycles. The summed E-state index contributed by atoms with van der Waals surface area (Å²) in [6, 6.07) is 5.47. The van der Waals surface area contributed by atoms with E-state index in [1.165, 1.54) is 79.0 Å². The number of nitrogens with one attached hydrogen (secondary N) is 6. The molecule has 33 heteroatoms. The van der Waals surface area contributed by atoms with Crippen LogP contribution in [0.25, 0.3) is 11.1 Å². The number of carbonyl (C=O) groups excluding carboxylic acids is 7. The van der Waals surface area contributed by atoms with Gasteiger partial charge in [0.1, 0.15) is 77.7 Å². The van der Waals surface area contributed by atoms with Crippen LogP contribution in [0.1, 0.15) is 126 Å². The lowest BCUT2D eigenvalue weighted by molar-refractivity contribution is -0.387. The average Bonchev–Trinajstić information content (AvgIpc) is 0.763. The van der Waals surface area contributed by atoms with Gasteiger partial charge in [-0.3, -0.25) is 43.8 Å². The summed E-state index contributed by atoms with van der Waals surface area (Å²) >= 11 is 7.20. The summed E-state index contributed by atoms with van der Waals surface area (Å²) in [5, 5.41) is 61.7. The van der Waals surface area contributed by atoms with E-state index in [9.17, 15) is 39.6 Å². The Hall–Kier alpha value is -9.88. The number of hydrogen-bond donors (Lipinski definition) is 8. The minimum absolute atomic E-state index is 0.00211. The van der Waals surface area contributed by atoms with Gasteiger partial charge in [0.15, 0.2) is 19.8 Å². The van der Waals surface area contributed by atoms with E-state index in [4.69, 9.17) is 58.7 Å². The van der Waals surface area contributed by atoms with Crippen LogP contribution in [0.2, 0.25) is 23.2 Å². The van der Waals surface area contributed by atoms with Gasteiger partial charge in [0.2, 0.25) is 47.0 Å². The number of nitro groups is 1. The molecule has 3 aliphatic rings. The molecule has 7 amide bonds. The maximum atomic E-state index is 16.1. The fraction of sp³-hybridized carbons (Fsp3) is 0.472. The Bertz CT molecular complexity index is 4090. The molecular formula is C72H91ClFN9O21Si. The normalized spacial score (nSPS) is 17.9. The number of ether oxygens (including phenoxy) is 9. The topological polar surface area (TPSA) is 395 Å². The highest BCUT2D eigenvalue weighted by Crippen LogP contribution is 2.48. The number of methoxy groups -OCH3 is 5. The summed E-state index contributed by atoms with van der Waals surface area (Å²) in [5.74, 6) is -9.55. The quantitative estimate of drug-likeness (QED) is 0.00842. The number of benzene rings is 5. The van der Waals surface area contributed by atoms with Crippen molar-refractivity contribution in [1.29, 1.82) is 5.26 Å². The number of phenolic OH excluding ortho intramolecular Hbond substituents is 1. The Kier molecular flexibility index (Phi) is 27.7. The number of likely N-dealkylation sites (N-methyl/N-ethyl adjacent to an activating group) is 1. The molecule has 30 nitrogen and oxygen atoms in total. The van der Waals surface area contributed by atoms with Crippen molar-refractivity contribution in [3.05, 3.63) is 128 Å². The largest absolute Gasteiger partial charge is 0.504 e. The van der Waals surface area contributed by atoms with Crippen LogP contribution in [0, 0.1) is 33.2 Å². The number of nitriles is 1. The molecule has 0 aromatic heterocycles. The highest BCUT2D eigenvalue weighted by Gasteiger charge is 2.46. The zero-order valence-electron chi connectivity index (χ0n) is 61.3.